The summed E-state index contributed by atoms with van der Waals surface area (Å²) in [7, 11) is 0. The van der Waals surface area contributed by atoms with E-state index in [-0.39, 0.29) is 10.8 Å². The third-order valence-corrected chi connectivity index (χ3v) is 9.09. The van der Waals surface area contributed by atoms with Gasteiger partial charge >= 0.3 is 0 Å². The number of nitrogens with zero attached hydrogens (tertiary/aromatic N) is 2. The van der Waals surface area contributed by atoms with Gasteiger partial charge in [-0.05, 0) is 93.9 Å². The quantitative estimate of drug-likeness (QED) is 0.199. The van der Waals surface area contributed by atoms with Crippen LogP contribution in [0.2, 0.25) is 0 Å². The highest BCUT2D eigenvalue weighted by Gasteiger charge is 2.37. The molecule has 5 aromatic rings. The molecule has 0 saturated carbocycles. The number of hydrogen-bond acceptors (Lipinski definition) is 2. The monoisotopic (exact) mass is 584 g/mol. The minimum atomic E-state index is -0.0832. The minimum absolute atomic E-state index is 0.0832. The molecule has 0 spiro atoms. The molecule has 5 aromatic carbocycles. The maximum Gasteiger partial charge on any atom is 0.0703 e. The zero-order valence-electron chi connectivity index (χ0n) is 23.7. The molecule has 2 aliphatic rings. The molecule has 1 aliphatic carbocycles. The van der Waals surface area contributed by atoms with Crippen molar-refractivity contribution < 1.29 is 0 Å². The highest BCUT2D eigenvalue weighted by Crippen LogP contribution is 2.56. The van der Waals surface area contributed by atoms with Crippen molar-refractivity contribution >= 4 is 50.1 Å². The normalized spacial score (nSPS) is 14.8. The molecule has 0 saturated heterocycles. The van der Waals surface area contributed by atoms with Gasteiger partial charge in [-0.15, -0.1) is 0 Å². The fraction of sp³-hybridized carbons (Fsp3) is 0.189. The van der Waals surface area contributed by atoms with Crippen LogP contribution in [-0.4, -0.2) is 0 Å². The van der Waals surface area contributed by atoms with Gasteiger partial charge < -0.3 is 9.80 Å². The van der Waals surface area contributed by atoms with Crippen LogP contribution in [-0.2, 0) is 10.8 Å². The molecule has 1 aliphatic heterocycles. The number of halogens is 1. The lowest BCUT2D eigenvalue weighted by Crippen LogP contribution is -2.24. The second-order valence-electron chi connectivity index (χ2n) is 12.5. The summed E-state index contributed by atoms with van der Waals surface area (Å²) < 4.78 is 1.13. The Morgan fingerprint density at radius 2 is 1.00 bits per heavy atom. The van der Waals surface area contributed by atoms with Gasteiger partial charge in [-0.3, -0.25) is 0 Å². The molecule has 0 bridgehead atoms. The van der Waals surface area contributed by atoms with Gasteiger partial charge in [0.25, 0.3) is 0 Å². The van der Waals surface area contributed by atoms with Gasteiger partial charge in [0.15, 0.2) is 0 Å². The van der Waals surface area contributed by atoms with Crippen molar-refractivity contribution in [3.8, 4) is 11.1 Å². The highest BCUT2D eigenvalue weighted by atomic mass is 79.9. The van der Waals surface area contributed by atoms with Gasteiger partial charge in [0.2, 0.25) is 0 Å². The number of hydrogen-bond donors (Lipinski definition) is 0. The molecule has 0 amide bonds. The Kier molecular flexibility index (Phi) is 5.56. The van der Waals surface area contributed by atoms with E-state index in [1.165, 1.54) is 61.9 Å². The summed E-state index contributed by atoms with van der Waals surface area (Å²) in [5.74, 6) is 0. The van der Waals surface area contributed by atoms with Crippen molar-refractivity contribution in [2.75, 3.05) is 9.80 Å². The van der Waals surface area contributed by atoms with Gasteiger partial charge in [0, 0.05) is 21.3 Å². The van der Waals surface area contributed by atoms with Crippen LogP contribution in [0.5, 0.6) is 0 Å². The van der Waals surface area contributed by atoms with Crippen LogP contribution in [0.4, 0.5) is 34.1 Å². The van der Waals surface area contributed by atoms with Crippen LogP contribution in [0.1, 0.15) is 51.3 Å². The lowest BCUT2D eigenvalue weighted by atomic mass is 9.82. The zero-order valence-corrected chi connectivity index (χ0v) is 25.3. The maximum absolute atomic E-state index is 3.70. The summed E-state index contributed by atoms with van der Waals surface area (Å²) in [6.45, 7) is 11.5. The van der Waals surface area contributed by atoms with E-state index in [1.54, 1.807) is 0 Å². The Labute approximate surface area is 246 Å². The first-order chi connectivity index (χ1) is 19.1. The second kappa shape index (κ2) is 8.84. The van der Waals surface area contributed by atoms with E-state index in [0.29, 0.717) is 0 Å². The summed E-state index contributed by atoms with van der Waals surface area (Å²) >= 11 is 3.70. The SMILES string of the molecule is CC(C)(C)c1ccc(N2c3ccccc3N(c3ccc4c(c3)C(C)(C)c3cc(Br)ccc3-4)c3ccccc32)cc1. The maximum atomic E-state index is 3.70. The largest absolute Gasteiger partial charge is 0.306 e. The molecule has 0 atom stereocenters. The third-order valence-electron chi connectivity index (χ3n) is 8.60. The van der Waals surface area contributed by atoms with Crippen molar-refractivity contribution in [1.29, 1.82) is 0 Å². The smallest absolute Gasteiger partial charge is 0.0703 e. The van der Waals surface area contributed by atoms with E-state index >= 15 is 0 Å². The van der Waals surface area contributed by atoms with Gasteiger partial charge in [-0.2, -0.15) is 0 Å². The number of para-hydroxylation sites is 4. The fourth-order valence-electron chi connectivity index (χ4n) is 6.45. The van der Waals surface area contributed by atoms with E-state index in [1.807, 2.05) is 0 Å². The predicted molar refractivity (Wildman–Crippen MR) is 173 cm³/mol. The summed E-state index contributed by atoms with van der Waals surface area (Å²) in [5.41, 5.74) is 13.8. The van der Waals surface area contributed by atoms with Crippen molar-refractivity contribution in [2.24, 2.45) is 0 Å². The van der Waals surface area contributed by atoms with Crippen LogP contribution in [0.3, 0.4) is 0 Å². The highest BCUT2D eigenvalue weighted by molar-refractivity contribution is 9.10. The van der Waals surface area contributed by atoms with E-state index in [9.17, 15) is 0 Å². The first-order valence-electron chi connectivity index (χ1n) is 14.0. The van der Waals surface area contributed by atoms with E-state index in [2.05, 4.69) is 170 Å². The van der Waals surface area contributed by atoms with Crippen LogP contribution in [0.25, 0.3) is 11.1 Å². The fourth-order valence-corrected chi connectivity index (χ4v) is 6.81. The van der Waals surface area contributed by atoms with Crippen molar-refractivity contribution in [2.45, 2.75) is 45.4 Å². The van der Waals surface area contributed by atoms with Crippen molar-refractivity contribution in [3.05, 3.63) is 130 Å². The lowest BCUT2D eigenvalue weighted by Gasteiger charge is -2.40. The Bertz CT molecular complexity index is 1730. The molecule has 2 nitrogen and oxygen atoms in total. The molecular formula is C37H33BrN2. The third kappa shape index (κ3) is 3.75. The number of rotatable bonds is 2. The van der Waals surface area contributed by atoms with E-state index < -0.39 is 0 Å². The van der Waals surface area contributed by atoms with Crippen LogP contribution >= 0.6 is 15.9 Å². The van der Waals surface area contributed by atoms with Crippen LogP contribution < -0.4 is 9.80 Å². The van der Waals surface area contributed by atoms with Crippen LogP contribution in [0.15, 0.2) is 114 Å². The molecular weight excluding hydrogens is 552 g/mol. The minimum Gasteiger partial charge on any atom is -0.306 e. The van der Waals surface area contributed by atoms with Gasteiger partial charge in [0.1, 0.15) is 0 Å². The lowest BCUT2D eigenvalue weighted by molar-refractivity contribution is 0.590. The Morgan fingerprint density at radius 1 is 0.550 bits per heavy atom. The van der Waals surface area contributed by atoms with Crippen molar-refractivity contribution in [1.82, 2.24) is 0 Å². The number of anilines is 6. The summed E-state index contributed by atoms with van der Waals surface area (Å²) in [4.78, 5) is 4.83. The Balaban J connectivity index is 1.39. The molecule has 198 valence electrons. The van der Waals surface area contributed by atoms with Gasteiger partial charge in [-0.25, -0.2) is 0 Å². The molecule has 0 fully saturated rings. The first kappa shape index (κ1) is 25.2. The summed E-state index contributed by atoms with van der Waals surface area (Å²) in [6.07, 6.45) is 0. The molecule has 40 heavy (non-hydrogen) atoms. The van der Waals surface area contributed by atoms with E-state index in [0.717, 1.165) is 4.47 Å². The number of benzene rings is 5. The summed E-state index contributed by atoms with van der Waals surface area (Å²) in [5, 5.41) is 0. The zero-order chi connectivity index (χ0) is 27.8. The van der Waals surface area contributed by atoms with Gasteiger partial charge in [0.05, 0.1) is 22.7 Å². The Morgan fingerprint density at radius 3 is 1.52 bits per heavy atom. The topological polar surface area (TPSA) is 6.48 Å². The average molecular weight is 586 g/mol. The van der Waals surface area contributed by atoms with Crippen LogP contribution in [0, 0.1) is 0 Å². The molecule has 0 aromatic heterocycles. The number of fused-ring (bicyclic) bond motifs is 5. The predicted octanol–water partition coefficient (Wildman–Crippen LogP) is 11.3. The molecule has 0 N–H and O–H groups in total. The average Bonchev–Trinajstić information content (AvgIpc) is 3.16. The standard InChI is InChI=1S/C37H33BrN2/c1-36(2,3)24-14-17-26(18-15-24)39-32-10-6-8-12-34(32)40(35-13-9-7-11-33(35)39)27-19-21-29-28-20-16-25(38)22-30(28)37(4,5)31(29)23-27/h6-23H,1-5H3. The summed E-state index contributed by atoms with van der Waals surface area (Å²) in [6, 6.07) is 40.3. The van der Waals surface area contributed by atoms with Gasteiger partial charge in [-0.1, -0.05) is 99.1 Å². The first-order valence-corrected chi connectivity index (χ1v) is 14.8. The van der Waals surface area contributed by atoms with E-state index in [4.69, 9.17) is 0 Å². The second-order valence-corrected chi connectivity index (χ2v) is 13.4. The van der Waals surface area contributed by atoms with Crippen molar-refractivity contribution in [3.63, 3.8) is 0 Å². The molecule has 1 heterocycles. The molecule has 0 radical (unpaired) electrons. The molecule has 7 rings (SSSR count). The Hall–Kier alpha value is -3.82. The molecule has 0 unspecified atom stereocenters. The molecule has 3 heteroatoms.